The first-order valence-electron chi connectivity index (χ1n) is 8.87. The van der Waals surface area contributed by atoms with E-state index in [9.17, 15) is 0 Å². The average Bonchev–Trinajstić information content (AvgIpc) is 3.08. The molecule has 5 N–H and O–H groups in total. The molecule has 0 spiro atoms. The number of benzene rings is 2. The van der Waals surface area contributed by atoms with Crippen LogP contribution in [0.5, 0.6) is 0 Å². The summed E-state index contributed by atoms with van der Waals surface area (Å²) in [6.45, 7) is 3.22. The van der Waals surface area contributed by atoms with Gasteiger partial charge in [-0.3, -0.25) is 0 Å². The second-order valence-corrected chi connectivity index (χ2v) is 6.55. The highest BCUT2D eigenvalue weighted by atomic mass is 15.3. The second kappa shape index (κ2) is 7.09. The number of nitrogens with one attached hydrogen (secondary N) is 1. The molecule has 4 rings (SSSR count). The Kier molecular flexibility index (Phi) is 4.48. The van der Waals surface area contributed by atoms with Crippen LogP contribution >= 0.6 is 0 Å². The average molecular weight is 358 g/mol. The lowest BCUT2D eigenvalue weighted by Gasteiger charge is -2.12. The highest BCUT2D eigenvalue weighted by Crippen LogP contribution is 2.27. The summed E-state index contributed by atoms with van der Waals surface area (Å²) in [6.07, 6.45) is 1.82. The van der Waals surface area contributed by atoms with Crippen LogP contribution in [0.3, 0.4) is 0 Å². The Labute approximate surface area is 157 Å². The smallest absolute Gasteiger partial charge is 0.160 e. The van der Waals surface area contributed by atoms with Crippen LogP contribution in [-0.2, 0) is 13.1 Å². The third kappa shape index (κ3) is 3.35. The number of para-hydroxylation sites is 1. The van der Waals surface area contributed by atoms with Crippen molar-refractivity contribution in [3.63, 3.8) is 0 Å². The van der Waals surface area contributed by atoms with Gasteiger partial charge in [0, 0.05) is 36.0 Å². The quantitative estimate of drug-likeness (QED) is 0.476. The first kappa shape index (κ1) is 17.1. The minimum absolute atomic E-state index is 0.549. The van der Waals surface area contributed by atoms with Crippen LogP contribution in [-0.4, -0.2) is 14.6 Å². The summed E-state index contributed by atoms with van der Waals surface area (Å²) in [7, 11) is 0. The summed E-state index contributed by atoms with van der Waals surface area (Å²) in [6, 6.07) is 18.0. The van der Waals surface area contributed by atoms with Gasteiger partial charge >= 0.3 is 0 Å². The fourth-order valence-electron chi connectivity index (χ4n) is 3.05. The standard InChI is InChI=1S/C21H22N6/c1-14-12-25-27-20(24-13-16-8-6-15(11-22)7-9-16)10-19(26-21(14)27)17-4-2-3-5-18(17)23/h2-10,12,24H,11,13,22-23H2,1H3. The Morgan fingerprint density at radius 1 is 1.04 bits per heavy atom. The topological polar surface area (TPSA) is 94.3 Å². The molecule has 0 unspecified atom stereocenters. The second-order valence-electron chi connectivity index (χ2n) is 6.55. The molecule has 6 nitrogen and oxygen atoms in total. The molecular formula is C21H22N6. The lowest BCUT2D eigenvalue weighted by molar-refractivity contribution is 0.926. The molecule has 136 valence electrons. The minimum atomic E-state index is 0.549. The van der Waals surface area contributed by atoms with Gasteiger partial charge in [-0.05, 0) is 24.1 Å². The molecule has 0 aliphatic rings. The third-order valence-electron chi connectivity index (χ3n) is 4.62. The van der Waals surface area contributed by atoms with E-state index in [1.807, 2.05) is 60.1 Å². The molecule has 27 heavy (non-hydrogen) atoms. The number of aromatic nitrogens is 3. The number of aryl methyl sites for hydroxylation is 1. The summed E-state index contributed by atoms with van der Waals surface area (Å²) in [4.78, 5) is 4.77. The molecule has 2 heterocycles. The van der Waals surface area contributed by atoms with Gasteiger partial charge in [-0.2, -0.15) is 9.61 Å². The molecular weight excluding hydrogens is 336 g/mol. The van der Waals surface area contributed by atoms with Crippen LogP contribution in [0.1, 0.15) is 16.7 Å². The zero-order chi connectivity index (χ0) is 18.8. The molecule has 6 heteroatoms. The number of anilines is 2. The van der Waals surface area contributed by atoms with Gasteiger partial charge in [0.25, 0.3) is 0 Å². The van der Waals surface area contributed by atoms with Crippen molar-refractivity contribution >= 4 is 17.2 Å². The van der Waals surface area contributed by atoms with Crippen LogP contribution in [0.15, 0.2) is 60.8 Å². The summed E-state index contributed by atoms with van der Waals surface area (Å²) in [5.74, 6) is 0.870. The van der Waals surface area contributed by atoms with E-state index in [1.54, 1.807) is 0 Å². The van der Waals surface area contributed by atoms with Crippen molar-refractivity contribution in [1.82, 2.24) is 14.6 Å². The van der Waals surface area contributed by atoms with Crippen LogP contribution in [0.2, 0.25) is 0 Å². The summed E-state index contributed by atoms with van der Waals surface area (Å²) >= 11 is 0. The van der Waals surface area contributed by atoms with E-state index in [1.165, 1.54) is 5.56 Å². The van der Waals surface area contributed by atoms with Crippen molar-refractivity contribution in [3.05, 3.63) is 77.5 Å². The van der Waals surface area contributed by atoms with E-state index in [4.69, 9.17) is 16.5 Å². The van der Waals surface area contributed by atoms with Crippen molar-refractivity contribution in [2.75, 3.05) is 11.1 Å². The van der Waals surface area contributed by atoms with Crippen LogP contribution in [0.4, 0.5) is 11.5 Å². The molecule has 2 aromatic heterocycles. The van der Waals surface area contributed by atoms with Gasteiger partial charge < -0.3 is 16.8 Å². The Balaban J connectivity index is 1.71. The van der Waals surface area contributed by atoms with Crippen LogP contribution in [0, 0.1) is 6.92 Å². The van der Waals surface area contributed by atoms with Crippen LogP contribution in [0.25, 0.3) is 16.9 Å². The van der Waals surface area contributed by atoms with E-state index in [0.29, 0.717) is 18.8 Å². The maximum absolute atomic E-state index is 6.16. The van der Waals surface area contributed by atoms with Gasteiger partial charge in [0.05, 0.1) is 11.9 Å². The highest BCUT2D eigenvalue weighted by molar-refractivity contribution is 5.76. The summed E-state index contributed by atoms with van der Waals surface area (Å²) in [5, 5.41) is 7.93. The number of hydrogen-bond acceptors (Lipinski definition) is 5. The first-order valence-corrected chi connectivity index (χ1v) is 8.87. The van der Waals surface area contributed by atoms with Gasteiger partial charge in [0.15, 0.2) is 5.65 Å². The van der Waals surface area contributed by atoms with Gasteiger partial charge in [0.2, 0.25) is 0 Å². The lowest BCUT2D eigenvalue weighted by atomic mass is 10.1. The van der Waals surface area contributed by atoms with E-state index >= 15 is 0 Å². The Morgan fingerprint density at radius 2 is 1.78 bits per heavy atom. The van der Waals surface area contributed by atoms with Crippen molar-refractivity contribution in [2.24, 2.45) is 5.73 Å². The number of nitrogen functional groups attached to an aromatic ring is 1. The fraction of sp³-hybridized carbons (Fsp3) is 0.143. The lowest BCUT2D eigenvalue weighted by Crippen LogP contribution is -2.07. The first-order chi connectivity index (χ1) is 13.2. The van der Waals surface area contributed by atoms with E-state index in [0.717, 1.165) is 33.8 Å². The molecule has 2 aromatic carbocycles. The molecule has 0 fully saturated rings. The van der Waals surface area contributed by atoms with Crippen molar-refractivity contribution in [2.45, 2.75) is 20.0 Å². The number of fused-ring (bicyclic) bond motifs is 1. The predicted octanol–water partition coefficient (Wildman–Crippen LogP) is 3.36. The van der Waals surface area contributed by atoms with Crippen molar-refractivity contribution < 1.29 is 0 Å². The molecule has 0 saturated heterocycles. The monoisotopic (exact) mass is 358 g/mol. The molecule has 0 amide bonds. The molecule has 0 bridgehead atoms. The maximum Gasteiger partial charge on any atom is 0.160 e. The highest BCUT2D eigenvalue weighted by Gasteiger charge is 2.12. The zero-order valence-electron chi connectivity index (χ0n) is 15.2. The van der Waals surface area contributed by atoms with E-state index in [2.05, 4.69) is 22.5 Å². The number of nitrogens with two attached hydrogens (primary N) is 2. The Bertz CT molecular complexity index is 1080. The zero-order valence-corrected chi connectivity index (χ0v) is 15.2. The normalized spacial score (nSPS) is 11.0. The van der Waals surface area contributed by atoms with Gasteiger partial charge in [-0.25, -0.2) is 4.98 Å². The SMILES string of the molecule is Cc1cnn2c(NCc3ccc(CN)cc3)cc(-c3ccccc3N)nc12. The molecule has 0 saturated carbocycles. The third-order valence-corrected chi connectivity index (χ3v) is 4.62. The van der Waals surface area contributed by atoms with E-state index < -0.39 is 0 Å². The van der Waals surface area contributed by atoms with Crippen molar-refractivity contribution in [3.8, 4) is 11.3 Å². The minimum Gasteiger partial charge on any atom is -0.398 e. The Hall–Kier alpha value is -3.38. The number of nitrogens with zero attached hydrogens (tertiary/aromatic N) is 3. The van der Waals surface area contributed by atoms with Gasteiger partial charge in [-0.15, -0.1) is 0 Å². The summed E-state index contributed by atoms with van der Waals surface area (Å²) in [5.41, 5.74) is 18.4. The van der Waals surface area contributed by atoms with Crippen molar-refractivity contribution in [1.29, 1.82) is 0 Å². The molecule has 4 aromatic rings. The number of hydrogen-bond donors (Lipinski definition) is 3. The van der Waals surface area contributed by atoms with Crippen LogP contribution < -0.4 is 16.8 Å². The molecule has 0 radical (unpaired) electrons. The molecule has 0 aliphatic carbocycles. The van der Waals surface area contributed by atoms with E-state index in [-0.39, 0.29) is 0 Å². The Morgan fingerprint density at radius 3 is 2.52 bits per heavy atom. The predicted molar refractivity (Wildman–Crippen MR) is 109 cm³/mol. The van der Waals surface area contributed by atoms with Gasteiger partial charge in [0.1, 0.15) is 5.82 Å². The number of rotatable bonds is 5. The molecule has 0 aliphatic heterocycles. The largest absolute Gasteiger partial charge is 0.398 e. The fourth-order valence-corrected chi connectivity index (χ4v) is 3.05. The summed E-state index contributed by atoms with van der Waals surface area (Å²) < 4.78 is 1.83. The maximum atomic E-state index is 6.16. The molecule has 0 atom stereocenters. The van der Waals surface area contributed by atoms with Gasteiger partial charge in [-0.1, -0.05) is 42.5 Å².